The van der Waals surface area contributed by atoms with E-state index in [-0.39, 0.29) is 17.3 Å². The Kier molecular flexibility index (Phi) is 2.98. The van der Waals surface area contributed by atoms with Crippen molar-refractivity contribution in [2.24, 2.45) is 0 Å². The maximum atomic E-state index is 13.2. The topological polar surface area (TPSA) is 64.9 Å². The van der Waals surface area contributed by atoms with Gasteiger partial charge in [0.15, 0.2) is 0 Å². The molecule has 0 bridgehead atoms. The Morgan fingerprint density at radius 3 is 2.50 bits per heavy atom. The van der Waals surface area contributed by atoms with Crippen LogP contribution in [0.4, 0.5) is 14.5 Å². The molecule has 1 aromatic carbocycles. The number of thiophene rings is 1. The van der Waals surface area contributed by atoms with Crippen LogP contribution in [0.1, 0.15) is 5.56 Å². The third-order valence-corrected chi connectivity index (χ3v) is 3.87. The fraction of sp³-hybridized carbons (Fsp3) is 0.0769. The molecule has 0 amide bonds. The first-order valence-corrected chi connectivity index (χ1v) is 6.56. The summed E-state index contributed by atoms with van der Waals surface area (Å²) in [5, 5.41) is 5.60. The Morgan fingerprint density at radius 2 is 1.90 bits per heavy atom. The predicted octanol–water partition coefficient (Wildman–Crippen LogP) is 3.63. The molecule has 0 saturated heterocycles. The zero-order valence-corrected chi connectivity index (χ0v) is 11.2. The summed E-state index contributed by atoms with van der Waals surface area (Å²) in [7, 11) is 0. The van der Waals surface area contributed by atoms with Crippen LogP contribution < -0.4 is 5.73 Å². The van der Waals surface area contributed by atoms with Gasteiger partial charge in [0.2, 0.25) is 5.82 Å². The summed E-state index contributed by atoms with van der Waals surface area (Å²) in [5.41, 5.74) is 7.59. The van der Waals surface area contributed by atoms with Crippen molar-refractivity contribution in [2.75, 3.05) is 5.73 Å². The Balaban J connectivity index is 2.04. The van der Waals surface area contributed by atoms with Gasteiger partial charge in [-0.25, -0.2) is 8.78 Å². The number of hydrogen-bond acceptors (Lipinski definition) is 5. The standard InChI is InChI=1S/C13H9F2N3OS/c1-6-5-20-11(10(6)16)13-17-12(18-19-13)7-2-8(14)4-9(15)3-7/h2-5H,16H2,1H3. The molecule has 0 atom stereocenters. The number of nitrogens with zero attached hydrogens (tertiary/aromatic N) is 2. The van der Waals surface area contributed by atoms with Gasteiger partial charge in [-0.1, -0.05) is 5.16 Å². The quantitative estimate of drug-likeness (QED) is 0.783. The third-order valence-electron chi connectivity index (χ3n) is 2.76. The van der Waals surface area contributed by atoms with Gasteiger partial charge in [0.05, 0.1) is 5.69 Å². The summed E-state index contributed by atoms with van der Waals surface area (Å²) < 4.78 is 31.4. The minimum absolute atomic E-state index is 0.115. The molecule has 20 heavy (non-hydrogen) atoms. The molecule has 3 rings (SSSR count). The van der Waals surface area contributed by atoms with Crippen molar-refractivity contribution in [3.05, 3.63) is 40.8 Å². The normalized spacial score (nSPS) is 10.9. The molecule has 7 heteroatoms. The zero-order chi connectivity index (χ0) is 14.3. The molecule has 4 nitrogen and oxygen atoms in total. The number of halogens is 2. The summed E-state index contributed by atoms with van der Waals surface area (Å²) in [6, 6.07) is 3.06. The molecule has 2 N–H and O–H groups in total. The van der Waals surface area contributed by atoms with Gasteiger partial charge in [-0.15, -0.1) is 11.3 Å². The highest BCUT2D eigenvalue weighted by atomic mass is 32.1. The number of anilines is 1. The molecule has 0 fully saturated rings. The number of benzene rings is 1. The zero-order valence-electron chi connectivity index (χ0n) is 10.4. The van der Waals surface area contributed by atoms with Crippen LogP contribution in [0.15, 0.2) is 28.1 Å². The van der Waals surface area contributed by atoms with Gasteiger partial charge in [0, 0.05) is 11.6 Å². The molecule has 2 aromatic heterocycles. The van der Waals surface area contributed by atoms with Crippen molar-refractivity contribution in [1.29, 1.82) is 0 Å². The van der Waals surface area contributed by atoms with Gasteiger partial charge in [-0.3, -0.25) is 0 Å². The second-order valence-corrected chi connectivity index (χ2v) is 5.12. The highest BCUT2D eigenvalue weighted by Gasteiger charge is 2.16. The van der Waals surface area contributed by atoms with Crippen LogP contribution >= 0.6 is 11.3 Å². The number of aryl methyl sites for hydroxylation is 1. The van der Waals surface area contributed by atoms with E-state index in [4.69, 9.17) is 10.3 Å². The number of rotatable bonds is 2. The highest BCUT2D eigenvalue weighted by molar-refractivity contribution is 7.14. The van der Waals surface area contributed by atoms with E-state index in [1.165, 1.54) is 11.3 Å². The van der Waals surface area contributed by atoms with Crippen LogP contribution in [0.25, 0.3) is 22.2 Å². The van der Waals surface area contributed by atoms with Crippen molar-refractivity contribution in [2.45, 2.75) is 6.92 Å². The lowest BCUT2D eigenvalue weighted by molar-refractivity contribution is 0.433. The van der Waals surface area contributed by atoms with E-state index in [9.17, 15) is 8.78 Å². The summed E-state index contributed by atoms with van der Waals surface area (Å²) in [6.45, 7) is 1.87. The first kappa shape index (κ1) is 12.7. The summed E-state index contributed by atoms with van der Waals surface area (Å²) in [5.74, 6) is -1.04. The third kappa shape index (κ3) is 2.16. The molecule has 0 aliphatic carbocycles. The van der Waals surface area contributed by atoms with Crippen LogP contribution in [0, 0.1) is 18.6 Å². The maximum Gasteiger partial charge on any atom is 0.270 e. The number of hydrogen-bond donors (Lipinski definition) is 1. The van der Waals surface area contributed by atoms with Crippen molar-refractivity contribution < 1.29 is 13.3 Å². The van der Waals surface area contributed by atoms with E-state index in [1.54, 1.807) is 0 Å². The van der Waals surface area contributed by atoms with E-state index in [1.807, 2.05) is 12.3 Å². The van der Waals surface area contributed by atoms with E-state index in [0.717, 1.165) is 23.8 Å². The molecule has 0 saturated carbocycles. The maximum absolute atomic E-state index is 13.2. The van der Waals surface area contributed by atoms with Crippen LogP contribution in [0.2, 0.25) is 0 Å². The lowest BCUT2D eigenvalue weighted by atomic mass is 10.2. The number of aromatic nitrogens is 2. The number of nitrogens with two attached hydrogens (primary N) is 1. The van der Waals surface area contributed by atoms with E-state index >= 15 is 0 Å². The van der Waals surface area contributed by atoms with Crippen LogP contribution in [0.3, 0.4) is 0 Å². The minimum atomic E-state index is -0.696. The van der Waals surface area contributed by atoms with Gasteiger partial charge >= 0.3 is 0 Å². The molecule has 0 spiro atoms. The summed E-state index contributed by atoms with van der Waals surface area (Å²) >= 11 is 1.37. The van der Waals surface area contributed by atoms with Crippen LogP contribution in [-0.2, 0) is 0 Å². The fourth-order valence-corrected chi connectivity index (χ4v) is 2.63. The predicted molar refractivity (Wildman–Crippen MR) is 72.1 cm³/mol. The van der Waals surface area contributed by atoms with E-state index < -0.39 is 11.6 Å². The van der Waals surface area contributed by atoms with Gasteiger partial charge in [0.25, 0.3) is 5.89 Å². The molecule has 102 valence electrons. The second-order valence-electron chi connectivity index (χ2n) is 4.24. The molecule has 0 unspecified atom stereocenters. The SMILES string of the molecule is Cc1csc(-c2nc(-c3cc(F)cc(F)c3)no2)c1N. The molecular formula is C13H9F2N3OS. The van der Waals surface area contributed by atoms with Gasteiger partial charge in [-0.2, -0.15) is 4.98 Å². The molecular weight excluding hydrogens is 284 g/mol. The van der Waals surface area contributed by atoms with Crippen molar-refractivity contribution in [3.8, 4) is 22.2 Å². The van der Waals surface area contributed by atoms with E-state index in [0.29, 0.717) is 10.6 Å². The average Bonchev–Trinajstić information content (AvgIpc) is 2.97. The van der Waals surface area contributed by atoms with Gasteiger partial charge < -0.3 is 10.3 Å². The Labute approximate surface area is 116 Å². The van der Waals surface area contributed by atoms with Crippen LogP contribution in [0.5, 0.6) is 0 Å². The number of nitrogen functional groups attached to an aromatic ring is 1. The Hall–Kier alpha value is -2.28. The fourth-order valence-electron chi connectivity index (χ4n) is 1.73. The summed E-state index contributed by atoms with van der Waals surface area (Å²) in [4.78, 5) is 4.78. The second kappa shape index (κ2) is 4.68. The molecule has 0 aliphatic heterocycles. The molecule has 0 aliphatic rings. The average molecular weight is 293 g/mol. The highest BCUT2D eigenvalue weighted by Crippen LogP contribution is 2.34. The first-order chi connectivity index (χ1) is 9.54. The molecule has 0 radical (unpaired) electrons. The van der Waals surface area contributed by atoms with Crippen molar-refractivity contribution >= 4 is 17.0 Å². The Morgan fingerprint density at radius 1 is 1.20 bits per heavy atom. The van der Waals surface area contributed by atoms with Crippen molar-refractivity contribution in [1.82, 2.24) is 10.1 Å². The monoisotopic (exact) mass is 293 g/mol. The lowest BCUT2D eigenvalue weighted by Crippen LogP contribution is -1.88. The largest absolute Gasteiger partial charge is 0.397 e. The minimum Gasteiger partial charge on any atom is -0.397 e. The van der Waals surface area contributed by atoms with Crippen LogP contribution in [-0.4, -0.2) is 10.1 Å². The van der Waals surface area contributed by atoms with E-state index in [2.05, 4.69) is 10.1 Å². The summed E-state index contributed by atoms with van der Waals surface area (Å²) in [6.07, 6.45) is 0. The smallest absolute Gasteiger partial charge is 0.270 e. The van der Waals surface area contributed by atoms with Gasteiger partial charge in [-0.05, 0) is 30.0 Å². The molecule has 3 aromatic rings. The Bertz CT molecular complexity index is 762. The van der Waals surface area contributed by atoms with Crippen molar-refractivity contribution in [3.63, 3.8) is 0 Å². The lowest BCUT2D eigenvalue weighted by Gasteiger charge is -1.95. The van der Waals surface area contributed by atoms with Gasteiger partial charge in [0.1, 0.15) is 16.5 Å². The first-order valence-electron chi connectivity index (χ1n) is 5.68. The molecule has 2 heterocycles.